The molecular weight excluding hydrogens is 316 g/mol. The molecule has 2 aromatic carbocycles. The van der Waals surface area contributed by atoms with Crippen LogP contribution in [0.15, 0.2) is 46.0 Å². The maximum Gasteiger partial charge on any atom is 0.329 e. The molecule has 0 bridgehead atoms. The van der Waals surface area contributed by atoms with E-state index >= 15 is 0 Å². The summed E-state index contributed by atoms with van der Waals surface area (Å²) >= 11 is 6.19. The summed E-state index contributed by atoms with van der Waals surface area (Å²) in [6, 6.07) is 10.7. The number of aromatic amines is 1. The summed E-state index contributed by atoms with van der Waals surface area (Å²) in [4.78, 5) is 27.7. The molecule has 0 unspecified atom stereocenters. The third-order valence-corrected chi connectivity index (χ3v) is 4.00. The number of benzene rings is 2. The molecule has 6 heteroatoms. The first kappa shape index (κ1) is 15.4. The molecule has 1 heterocycles. The average Bonchev–Trinajstić information content (AvgIpc) is 2.50. The summed E-state index contributed by atoms with van der Waals surface area (Å²) in [5, 5.41) is 0.641. The van der Waals surface area contributed by atoms with Gasteiger partial charge in [-0.1, -0.05) is 29.8 Å². The lowest BCUT2D eigenvalue weighted by Crippen LogP contribution is -2.35. The first-order valence-electron chi connectivity index (χ1n) is 7.06. The van der Waals surface area contributed by atoms with Gasteiger partial charge in [0.2, 0.25) is 0 Å². The van der Waals surface area contributed by atoms with Crippen molar-refractivity contribution in [2.24, 2.45) is 0 Å². The van der Waals surface area contributed by atoms with Crippen molar-refractivity contribution in [1.29, 1.82) is 0 Å². The molecule has 0 aliphatic carbocycles. The molecule has 5 nitrogen and oxygen atoms in total. The number of aromatic nitrogens is 2. The number of nitrogens with one attached hydrogen (secondary N) is 1. The van der Waals surface area contributed by atoms with E-state index < -0.39 is 11.2 Å². The van der Waals surface area contributed by atoms with Gasteiger partial charge in [0.1, 0.15) is 5.75 Å². The fourth-order valence-electron chi connectivity index (χ4n) is 2.62. The number of aryl methyl sites for hydroxylation is 1. The smallest absolute Gasteiger partial charge is 0.329 e. The Balaban J connectivity index is 2.23. The maximum absolute atomic E-state index is 12.7. The molecule has 1 N–H and O–H groups in total. The van der Waals surface area contributed by atoms with E-state index in [1.165, 1.54) is 0 Å². The highest BCUT2D eigenvalue weighted by Crippen LogP contribution is 2.21. The van der Waals surface area contributed by atoms with Crippen molar-refractivity contribution in [3.63, 3.8) is 0 Å². The predicted octanol–water partition coefficient (Wildman–Crippen LogP) is 2.71. The number of hydrogen-bond donors (Lipinski definition) is 1. The van der Waals surface area contributed by atoms with Crippen LogP contribution in [0.1, 0.15) is 11.1 Å². The molecule has 0 radical (unpaired) electrons. The van der Waals surface area contributed by atoms with E-state index in [9.17, 15) is 9.59 Å². The highest BCUT2D eigenvalue weighted by molar-refractivity contribution is 6.35. The number of halogens is 1. The second kappa shape index (κ2) is 5.93. The number of fused-ring (bicyclic) bond motifs is 1. The molecule has 3 aromatic rings. The highest BCUT2D eigenvalue weighted by atomic mass is 35.5. The van der Waals surface area contributed by atoms with Gasteiger partial charge < -0.3 is 9.72 Å². The fraction of sp³-hybridized carbons (Fsp3) is 0.176. The van der Waals surface area contributed by atoms with E-state index in [0.717, 1.165) is 15.7 Å². The van der Waals surface area contributed by atoms with E-state index in [2.05, 4.69) is 4.98 Å². The SMILES string of the molecule is COc1ccccc1Cn1c(=O)[nH]c2cc(C)cc(Cl)c2c1=O. The van der Waals surface area contributed by atoms with Crippen LogP contribution in [-0.4, -0.2) is 16.7 Å². The van der Waals surface area contributed by atoms with Gasteiger partial charge in [0.05, 0.1) is 29.6 Å². The van der Waals surface area contributed by atoms with E-state index in [4.69, 9.17) is 16.3 Å². The number of methoxy groups -OCH3 is 1. The van der Waals surface area contributed by atoms with Gasteiger partial charge in [-0.05, 0) is 30.7 Å². The van der Waals surface area contributed by atoms with Gasteiger partial charge in [0, 0.05) is 5.56 Å². The summed E-state index contributed by atoms with van der Waals surface area (Å²) < 4.78 is 6.40. The normalized spacial score (nSPS) is 10.9. The molecule has 23 heavy (non-hydrogen) atoms. The zero-order chi connectivity index (χ0) is 16.6. The third-order valence-electron chi connectivity index (χ3n) is 3.70. The predicted molar refractivity (Wildman–Crippen MR) is 90.7 cm³/mol. The van der Waals surface area contributed by atoms with E-state index in [1.807, 2.05) is 25.1 Å². The number of para-hydroxylation sites is 1. The number of rotatable bonds is 3. The monoisotopic (exact) mass is 330 g/mol. The first-order valence-corrected chi connectivity index (χ1v) is 7.44. The number of ether oxygens (including phenoxy) is 1. The van der Waals surface area contributed by atoms with Crippen LogP contribution in [0, 0.1) is 6.92 Å². The summed E-state index contributed by atoms with van der Waals surface area (Å²) in [7, 11) is 1.55. The Hall–Kier alpha value is -2.53. The Kier molecular flexibility index (Phi) is 3.96. The van der Waals surface area contributed by atoms with Crippen LogP contribution in [0.5, 0.6) is 5.75 Å². The third kappa shape index (κ3) is 2.75. The topological polar surface area (TPSA) is 64.1 Å². The Bertz CT molecular complexity index is 1000. The van der Waals surface area contributed by atoms with Crippen LogP contribution in [0.3, 0.4) is 0 Å². The largest absolute Gasteiger partial charge is 0.496 e. The quantitative estimate of drug-likeness (QED) is 0.803. The highest BCUT2D eigenvalue weighted by Gasteiger charge is 2.13. The molecule has 0 aliphatic heterocycles. The van der Waals surface area contributed by atoms with E-state index in [-0.39, 0.29) is 6.54 Å². The second-order valence-electron chi connectivity index (χ2n) is 5.30. The fourth-order valence-corrected chi connectivity index (χ4v) is 2.97. The van der Waals surface area contributed by atoms with Crippen molar-refractivity contribution in [1.82, 2.24) is 9.55 Å². The van der Waals surface area contributed by atoms with Crippen LogP contribution in [0.2, 0.25) is 5.02 Å². The molecule has 0 spiro atoms. The minimum absolute atomic E-state index is 0.109. The van der Waals surface area contributed by atoms with Crippen LogP contribution in [-0.2, 0) is 6.54 Å². The zero-order valence-corrected chi connectivity index (χ0v) is 13.5. The standard InChI is InChI=1S/C17H15ClN2O3/c1-10-7-12(18)15-13(8-10)19-17(22)20(16(15)21)9-11-5-3-4-6-14(11)23-2/h3-8H,9H2,1-2H3,(H,19,22). The van der Waals surface area contributed by atoms with Gasteiger partial charge in [-0.2, -0.15) is 0 Å². The van der Waals surface area contributed by atoms with Crippen molar-refractivity contribution < 1.29 is 4.74 Å². The van der Waals surface area contributed by atoms with E-state index in [0.29, 0.717) is 21.7 Å². The van der Waals surface area contributed by atoms with Crippen LogP contribution >= 0.6 is 11.6 Å². The summed E-state index contributed by atoms with van der Waals surface area (Å²) in [6.07, 6.45) is 0. The molecular formula is C17H15ClN2O3. The Morgan fingerprint density at radius 2 is 1.96 bits per heavy atom. The molecule has 1 aromatic heterocycles. The van der Waals surface area contributed by atoms with Crippen molar-refractivity contribution >= 4 is 22.5 Å². The minimum Gasteiger partial charge on any atom is -0.496 e. The lowest BCUT2D eigenvalue weighted by Gasteiger charge is -2.11. The molecule has 118 valence electrons. The lowest BCUT2D eigenvalue weighted by molar-refractivity contribution is 0.408. The van der Waals surface area contributed by atoms with Crippen LogP contribution in [0.4, 0.5) is 0 Å². The second-order valence-corrected chi connectivity index (χ2v) is 5.71. The minimum atomic E-state index is -0.477. The van der Waals surface area contributed by atoms with Crippen molar-refractivity contribution in [3.8, 4) is 5.75 Å². The molecule has 3 rings (SSSR count). The van der Waals surface area contributed by atoms with Crippen LogP contribution in [0.25, 0.3) is 10.9 Å². The van der Waals surface area contributed by atoms with Gasteiger partial charge in [0.15, 0.2) is 0 Å². The molecule has 0 saturated carbocycles. The van der Waals surface area contributed by atoms with Crippen molar-refractivity contribution in [2.45, 2.75) is 13.5 Å². The molecule has 0 fully saturated rings. The van der Waals surface area contributed by atoms with Gasteiger partial charge in [-0.15, -0.1) is 0 Å². The summed E-state index contributed by atoms with van der Waals surface area (Å²) in [5.74, 6) is 0.619. The molecule has 0 amide bonds. The lowest BCUT2D eigenvalue weighted by atomic mass is 10.1. The Labute approximate surface area is 137 Å². The van der Waals surface area contributed by atoms with Gasteiger partial charge >= 0.3 is 5.69 Å². The number of nitrogens with zero attached hydrogens (tertiary/aromatic N) is 1. The zero-order valence-electron chi connectivity index (χ0n) is 12.7. The average molecular weight is 331 g/mol. The van der Waals surface area contributed by atoms with Gasteiger partial charge in [-0.3, -0.25) is 9.36 Å². The Morgan fingerprint density at radius 3 is 2.70 bits per heavy atom. The van der Waals surface area contributed by atoms with Crippen molar-refractivity contribution in [3.05, 3.63) is 73.4 Å². The maximum atomic E-state index is 12.7. The van der Waals surface area contributed by atoms with Crippen LogP contribution < -0.4 is 16.0 Å². The first-order chi connectivity index (χ1) is 11.0. The molecule has 0 aliphatic rings. The molecule has 0 atom stereocenters. The van der Waals surface area contributed by atoms with Crippen molar-refractivity contribution in [2.75, 3.05) is 7.11 Å². The van der Waals surface area contributed by atoms with Gasteiger partial charge in [0.25, 0.3) is 5.56 Å². The number of hydrogen-bond acceptors (Lipinski definition) is 3. The van der Waals surface area contributed by atoms with E-state index in [1.54, 1.807) is 25.3 Å². The van der Waals surface area contributed by atoms with Gasteiger partial charge in [-0.25, -0.2) is 4.79 Å². The summed E-state index contributed by atoms with van der Waals surface area (Å²) in [6.45, 7) is 1.96. The number of H-pyrrole nitrogens is 1. The Morgan fingerprint density at radius 1 is 1.22 bits per heavy atom. The molecule has 0 saturated heterocycles. The summed E-state index contributed by atoms with van der Waals surface area (Å²) in [5.41, 5.74) is 1.17.